The van der Waals surface area contributed by atoms with Crippen LogP contribution in [0.2, 0.25) is 0 Å². The van der Waals surface area contributed by atoms with Crippen LogP contribution in [0.4, 0.5) is 5.82 Å². The van der Waals surface area contributed by atoms with Gasteiger partial charge in [-0.05, 0) is 6.92 Å². The number of hydrogen-bond acceptors (Lipinski definition) is 6. The fraction of sp³-hybridized carbons (Fsp3) is 0.500. The number of nitrogens with two attached hydrogens (primary N) is 1. The Labute approximate surface area is 98.8 Å². The molecule has 0 saturated carbocycles. The van der Waals surface area contributed by atoms with Crippen LogP contribution in [0.1, 0.15) is 6.92 Å². The molecule has 0 radical (unpaired) electrons. The minimum absolute atomic E-state index is 0.121. The highest BCUT2D eigenvalue weighted by Crippen LogP contribution is 2.14. The van der Waals surface area contributed by atoms with Gasteiger partial charge in [-0.1, -0.05) is 0 Å². The summed E-state index contributed by atoms with van der Waals surface area (Å²) >= 11 is 0. The molecule has 0 aliphatic heterocycles. The maximum atomic E-state index is 11.8. The third kappa shape index (κ3) is 3.17. The number of rotatable bonds is 5. The molecule has 0 spiro atoms. The van der Waals surface area contributed by atoms with Gasteiger partial charge in [0.2, 0.25) is 0 Å². The Morgan fingerprint density at radius 3 is 2.76 bits per heavy atom. The summed E-state index contributed by atoms with van der Waals surface area (Å²) in [5.41, 5.74) is 5.43. The van der Waals surface area contributed by atoms with Crippen molar-refractivity contribution in [2.75, 3.05) is 18.9 Å². The zero-order valence-electron chi connectivity index (χ0n) is 9.50. The van der Waals surface area contributed by atoms with Gasteiger partial charge in [0, 0.05) is 7.05 Å². The quantitative estimate of drug-likeness (QED) is 0.647. The highest BCUT2D eigenvalue weighted by molar-refractivity contribution is 7.89. The first kappa shape index (κ1) is 13.5. The van der Waals surface area contributed by atoms with E-state index >= 15 is 0 Å². The van der Waals surface area contributed by atoms with Gasteiger partial charge in [0.25, 0.3) is 10.0 Å². The molecule has 0 aromatic carbocycles. The van der Waals surface area contributed by atoms with Gasteiger partial charge in [-0.3, -0.25) is 4.79 Å². The zero-order chi connectivity index (χ0) is 13.1. The molecule has 1 aromatic heterocycles. The first-order valence-electron chi connectivity index (χ1n) is 4.80. The molecule has 1 aromatic rings. The normalized spacial score (nSPS) is 11.4. The zero-order valence-corrected chi connectivity index (χ0v) is 10.3. The predicted molar refractivity (Wildman–Crippen MR) is 59.4 cm³/mol. The van der Waals surface area contributed by atoms with Gasteiger partial charge in [0.15, 0.2) is 10.8 Å². The van der Waals surface area contributed by atoms with Crippen molar-refractivity contribution in [3.8, 4) is 0 Å². The highest BCUT2D eigenvalue weighted by Gasteiger charge is 2.23. The number of nitrogens with one attached hydrogen (secondary N) is 1. The number of nitrogen functional groups attached to an aromatic ring is 1. The van der Waals surface area contributed by atoms with Crippen LogP contribution in [-0.4, -0.2) is 37.1 Å². The van der Waals surface area contributed by atoms with Crippen molar-refractivity contribution in [3.05, 3.63) is 6.33 Å². The third-order valence-electron chi connectivity index (χ3n) is 1.88. The molecule has 1 rings (SSSR count). The van der Waals surface area contributed by atoms with E-state index in [2.05, 4.69) is 14.4 Å². The van der Waals surface area contributed by atoms with Crippen LogP contribution in [0.3, 0.4) is 0 Å². The van der Waals surface area contributed by atoms with Crippen LogP contribution >= 0.6 is 0 Å². The molecule has 0 aliphatic carbocycles. The van der Waals surface area contributed by atoms with Gasteiger partial charge >= 0.3 is 5.97 Å². The van der Waals surface area contributed by atoms with E-state index in [0.717, 1.165) is 0 Å². The number of carbonyl (C=O) groups excluding carboxylic acids is 1. The number of esters is 1. The number of nitrogens with zero attached hydrogens (tertiary/aromatic N) is 2. The Hall–Kier alpha value is -1.61. The lowest BCUT2D eigenvalue weighted by molar-refractivity contribution is -0.141. The molecule has 0 atom stereocenters. The second-order valence-corrected chi connectivity index (χ2v) is 4.86. The summed E-state index contributed by atoms with van der Waals surface area (Å²) in [6.45, 7) is 1.38. The van der Waals surface area contributed by atoms with Gasteiger partial charge in [-0.2, -0.15) is 4.72 Å². The Morgan fingerprint density at radius 1 is 1.65 bits per heavy atom. The van der Waals surface area contributed by atoms with Crippen LogP contribution in [0, 0.1) is 0 Å². The Balaban J connectivity index is 2.80. The van der Waals surface area contributed by atoms with E-state index in [1.54, 1.807) is 6.92 Å². The molecule has 3 N–H and O–H groups in total. The standard InChI is InChI=1S/C8H14N4O4S/c1-3-16-6(13)4-11-17(14,15)8-7(9)10-5-12(8)2/h5,11H,3-4,9H2,1-2H3. The third-order valence-corrected chi connectivity index (χ3v) is 3.41. The average molecular weight is 262 g/mol. The Bertz CT molecular complexity index is 488. The van der Waals surface area contributed by atoms with Crippen LogP contribution in [0.5, 0.6) is 0 Å². The van der Waals surface area contributed by atoms with E-state index in [-0.39, 0.29) is 17.5 Å². The molecule has 8 nitrogen and oxygen atoms in total. The number of aromatic nitrogens is 2. The largest absolute Gasteiger partial charge is 0.465 e. The molecule has 0 saturated heterocycles. The summed E-state index contributed by atoms with van der Waals surface area (Å²) in [6.07, 6.45) is 1.27. The van der Waals surface area contributed by atoms with E-state index in [1.807, 2.05) is 0 Å². The minimum Gasteiger partial charge on any atom is -0.465 e. The second-order valence-electron chi connectivity index (χ2n) is 3.18. The van der Waals surface area contributed by atoms with Crippen molar-refractivity contribution in [1.82, 2.24) is 14.3 Å². The topological polar surface area (TPSA) is 116 Å². The lowest BCUT2D eigenvalue weighted by atomic mass is 10.7. The van der Waals surface area contributed by atoms with Crippen LogP contribution in [0.25, 0.3) is 0 Å². The number of carbonyl (C=O) groups is 1. The summed E-state index contributed by atoms with van der Waals surface area (Å²) < 4.78 is 31.5. The van der Waals surface area contributed by atoms with Crippen molar-refractivity contribution in [1.29, 1.82) is 0 Å². The molecule has 0 unspecified atom stereocenters. The highest BCUT2D eigenvalue weighted by atomic mass is 32.2. The van der Waals surface area contributed by atoms with E-state index < -0.39 is 22.5 Å². The fourth-order valence-corrected chi connectivity index (χ4v) is 2.40. The number of aryl methyl sites for hydroxylation is 1. The SMILES string of the molecule is CCOC(=O)CNS(=O)(=O)c1c(N)ncn1C. The van der Waals surface area contributed by atoms with Gasteiger partial charge in [-0.25, -0.2) is 13.4 Å². The molecule has 1 heterocycles. The fourth-order valence-electron chi connectivity index (χ4n) is 1.20. The lowest BCUT2D eigenvalue weighted by Gasteiger charge is -2.07. The molecular formula is C8H14N4O4S. The molecule has 9 heteroatoms. The second kappa shape index (κ2) is 5.15. The van der Waals surface area contributed by atoms with Crippen LogP contribution in [-0.2, 0) is 26.6 Å². The predicted octanol–water partition coefficient (Wildman–Crippen LogP) is -1.16. The number of imidazole rings is 1. The summed E-state index contributed by atoms with van der Waals surface area (Å²) in [5, 5.41) is -0.179. The number of sulfonamides is 1. The van der Waals surface area contributed by atoms with E-state index in [9.17, 15) is 13.2 Å². The van der Waals surface area contributed by atoms with Crippen molar-refractivity contribution < 1.29 is 17.9 Å². The molecule has 0 aliphatic rings. The molecule has 0 fully saturated rings. The first-order valence-corrected chi connectivity index (χ1v) is 6.29. The maximum Gasteiger partial charge on any atom is 0.321 e. The van der Waals surface area contributed by atoms with E-state index in [0.29, 0.717) is 0 Å². The lowest BCUT2D eigenvalue weighted by Crippen LogP contribution is -2.32. The molecule has 17 heavy (non-hydrogen) atoms. The molecule has 96 valence electrons. The number of hydrogen-bond donors (Lipinski definition) is 2. The summed E-state index contributed by atoms with van der Waals surface area (Å²) in [4.78, 5) is 14.7. The van der Waals surface area contributed by atoms with Crippen molar-refractivity contribution in [2.45, 2.75) is 11.9 Å². The van der Waals surface area contributed by atoms with Crippen molar-refractivity contribution in [2.24, 2.45) is 7.05 Å². The van der Waals surface area contributed by atoms with E-state index in [4.69, 9.17) is 5.73 Å². The molecule has 0 amide bonds. The smallest absolute Gasteiger partial charge is 0.321 e. The van der Waals surface area contributed by atoms with Crippen LogP contribution in [0.15, 0.2) is 11.4 Å². The maximum absolute atomic E-state index is 11.8. The number of ether oxygens (including phenoxy) is 1. The van der Waals surface area contributed by atoms with Gasteiger partial charge in [0.1, 0.15) is 6.54 Å². The summed E-state index contributed by atoms with van der Waals surface area (Å²) in [6, 6.07) is 0. The average Bonchev–Trinajstić information content (AvgIpc) is 2.57. The molecular weight excluding hydrogens is 248 g/mol. The first-order chi connectivity index (χ1) is 7.88. The Morgan fingerprint density at radius 2 is 2.29 bits per heavy atom. The van der Waals surface area contributed by atoms with E-state index in [1.165, 1.54) is 17.9 Å². The van der Waals surface area contributed by atoms with Crippen LogP contribution < -0.4 is 10.5 Å². The van der Waals surface area contributed by atoms with Crippen molar-refractivity contribution in [3.63, 3.8) is 0 Å². The monoisotopic (exact) mass is 262 g/mol. The van der Waals surface area contributed by atoms with Crippen molar-refractivity contribution >= 4 is 21.8 Å². The summed E-state index contributed by atoms with van der Waals surface area (Å²) in [5.74, 6) is -0.777. The van der Waals surface area contributed by atoms with Gasteiger partial charge in [-0.15, -0.1) is 0 Å². The number of anilines is 1. The van der Waals surface area contributed by atoms with Gasteiger partial charge in [0.05, 0.1) is 12.9 Å². The Kier molecular flexibility index (Phi) is 4.07. The minimum atomic E-state index is -3.87. The van der Waals surface area contributed by atoms with Gasteiger partial charge < -0.3 is 15.0 Å². The molecule has 0 bridgehead atoms. The summed E-state index contributed by atoms with van der Waals surface area (Å²) in [7, 11) is -2.38.